The van der Waals surface area contributed by atoms with Crippen LogP contribution < -0.4 is 5.32 Å². The fourth-order valence-electron chi connectivity index (χ4n) is 1.62. The average Bonchev–Trinajstić information content (AvgIpc) is 2.90. The van der Waals surface area contributed by atoms with E-state index in [9.17, 15) is 0 Å². The molecular weight excluding hydrogens is 274 g/mol. The topological polar surface area (TPSA) is 37.8 Å². The SMILES string of the molecule is CC(Nc1nc(C2CC2)ns1)c1ccc(Cl)s1. The highest BCUT2D eigenvalue weighted by atomic mass is 35.5. The van der Waals surface area contributed by atoms with Gasteiger partial charge in [-0.2, -0.15) is 4.37 Å². The molecule has 2 aromatic rings. The van der Waals surface area contributed by atoms with Gasteiger partial charge in [-0.3, -0.25) is 0 Å². The maximum atomic E-state index is 5.93. The Bertz CT molecular complexity index is 518. The summed E-state index contributed by atoms with van der Waals surface area (Å²) in [5, 5.41) is 4.28. The second-order valence-corrected chi connectivity index (χ2v) is 6.74. The lowest BCUT2D eigenvalue weighted by Gasteiger charge is -2.09. The molecule has 1 atom stereocenters. The first-order valence-electron chi connectivity index (χ1n) is 5.58. The summed E-state index contributed by atoms with van der Waals surface area (Å²) in [5.74, 6) is 1.63. The van der Waals surface area contributed by atoms with Crippen LogP contribution in [0.25, 0.3) is 0 Å². The second kappa shape index (κ2) is 4.55. The van der Waals surface area contributed by atoms with Gasteiger partial charge in [-0.25, -0.2) is 4.98 Å². The van der Waals surface area contributed by atoms with Crippen LogP contribution in [0.1, 0.15) is 42.4 Å². The number of nitrogens with zero attached hydrogens (tertiary/aromatic N) is 2. The predicted octanol–water partition coefficient (Wildman–Crippen LogP) is 4.30. The minimum Gasteiger partial charge on any atom is -0.353 e. The van der Waals surface area contributed by atoms with Crippen LogP contribution >= 0.6 is 34.5 Å². The standard InChI is InChI=1S/C11H12ClN3S2/c1-6(8-4-5-9(12)16-8)13-11-14-10(15-17-11)7-2-3-7/h4-7H,2-3H2,1H3,(H,13,14,15). The predicted molar refractivity (Wildman–Crippen MR) is 73.3 cm³/mol. The van der Waals surface area contributed by atoms with Crippen molar-refractivity contribution < 1.29 is 0 Å². The van der Waals surface area contributed by atoms with Crippen molar-refractivity contribution in [2.45, 2.75) is 31.7 Å². The third kappa shape index (κ3) is 2.61. The van der Waals surface area contributed by atoms with Crippen LogP contribution in [-0.4, -0.2) is 9.36 Å². The number of hydrogen-bond acceptors (Lipinski definition) is 5. The van der Waals surface area contributed by atoms with Gasteiger partial charge < -0.3 is 5.32 Å². The van der Waals surface area contributed by atoms with Crippen LogP contribution in [0, 0.1) is 0 Å². The Morgan fingerprint density at radius 3 is 2.94 bits per heavy atom. The summed E-state index contributed by atoms with van der Waals surface area (Å²) in [6.45, 7) is 2.11. The van der Waals surface area contributed by atoms with Gasteiger partial charge >= 0.3 is 0 Å². The number of nitrogens with one attached hydrogen (secondary N) is 1. The largest absolute Gasteiger partial charge is 0.353 e. The zero-order valence-corrected chi connectivity index (χ0v) is 11.7. The van der Waals surface area contributed by atoms with Crippen LogP contribution in [0.2, 0.25) is 4.34 Å². The van der Waals surface area contributed by atoms with E-state index in [1.165, 1.54) is 29.3 Å². The van der Waals surface area contributed by atoms with Crippen molar-refractivity contribution in [1.82, 2.24) is 9.36 Å². The first-order valence-corrected chi connectivity index (χ1v) is 7.54. The quantitative estimate of drug-likeness (QED) is 0.910. The Morgan fingerprint density at radius 1 is 1.47 bits per heavy atom. The van der Waals surface area contributed by atoms with Gasteiger partial charge in [-0.15, -0.1) is 11.3 Å². The highest BCUT2D eigenvalue weighted by molar-refractivity contribution is 7.16. The molecule has 1 saturated carbocycles. The lowest BCUT2D eigenvalue weighted by molar-refractivity contribution is 0.895. The summed E-state index contributed by atoms with van der Waals surface area (Å²) < 4.78 is 5.20. The fraction of sp³-hybridized carbons (Fsp3) is 0.455. The minimum atomic E-state index is 0.229. The molecule has 3 nitrogen and oxygen atoms in total. The summed E-state index contributed by atoms with van der Waals surface area (Å²) in [6, 6.07) is 4.20. The molecule has 0 aromatic carbocycles. The molecule has 1 aliphatic rings. The van der Waals surface area contributed by atoms with Crippen LogP contribution in [-0.2, 0) is 0 Å². The first kappa shape index (κ1) is 11.4. The van der Waals surface area contributed by atoms with Gasteiger partial charge in [0.15, 0.2) is 0 Å². The number of hydrogen-bond donors (Lipinski definition) is 1. The van der Waals surface area contributed by atoms with E-state index in [0.29, 0.717) is 5.92 Å². The van der Waals surface area contributed by atoms with Gasteiger partial charge in [0, 0.05) is 22.3 Å². The summed E-state index contributed by atoms with van der Waals surface area (Å²) in [6.07, 6.45) is 2.48. The van der Waals surface area contributed by atoms with Crippen molar-refractivity contribution in [3.8, 4) is 0 Å². The van der Waals surface area contributed by atoms with E-state index in [0.717, 1.165) is 15.3 Å². The van der Waals surface area contributed by atoms with Crippen LogP contribution in [0.4, 0.5) is 5.13 Å². The second-order valence-electron chi connectivity index (χ2n) is 4.24. The van der Waals surface area contributed by atoms with E-state index in [1.54, 1.807) is 11.3 Å². The van der Waals surface area contributed by atoms with Crippen molar-refractivity contribution in [1.29, 1.82) is 0 Å². The molecule has 1 fully saturated rings. The number of halogens is 1. The van der Waals surface area contributed by atoms with E-state index >= 15 is 0 Å². The highest BCUT2D eigenvalue weighted by Crippen LogP contribution is 2.39. The Morgan fingerprint density at radius 2 is 2.29 bits per heavy atom. The molecule has 0 amide bonds. The Labute approximate surface area is 113 Å². The van der Waals surface area contributed by atoms with Crippen molar-refractivity contribution in [2.24, 2.45) is 0 Å². The van der Waals surface area contributed by atoms with Gasteiger partial charge in [0.05, 0.1) is 10.4 Å². The number of rotatable bonds is 4. The Balaban J connectivity index is 1.68. The van der Waals surface area contributed by atoms with Gasteiger partial charge in [0.25, 0.3) is 0 Å². The van der Waals surface area contributed by atoms with Gasteiger partial charge in [-0.05, 0) is 31.9 Å². The average molecular weight is 286 g/mol. The lowest BCUT2D eigenvalue weighted by atomic mass is 10.3. The summed E-state index contributed by atoms with van der Waals surface area (Å²) in [4.78, 5) is 5.73. The monoisotopic (exact) mass is 285 g/mol. The first-order chi connectivity index (χ1) is 8.22. The molecule has 0 radical (unpaired) electrons. The third-order valence-corrected chi connectivity index (χ3v) is 4.82. The molecule has 2 heterocycles. The lowest BCUT2D eigenvalue weighted by Crippen LogP contribution is -2.04. The number of aromatic nitrogens is 2. The van der Waals surface area contributed by atoms with Crippen molar-refractivity contribution in [2.75, 3.05) is 5.32 Å². The summed E-state index contributed by atoms with van der Waals surface area (Å²) in [5.41, 5.74) is 0. The van der Waals surface area contributed by atoms with Crippen LogP contribution in [0.5, 0.6) is 0 Å². The van der Waals surface area contributed by atoms with E-state index in [2.05, 4.69) is 21.6 Å². The molecule has 0 saturated heterocycles. The Hall–Kier alpha value is -0.650. The van der Waals surface area contributed by atoms with E-state index in [-0.39, 0.29) is 6.04 Å². The molecule has 1 N–H and O–H groups in total. The smallest absolute Gasteiger partial charge is 0.203 e. The zero-order chi connectivity index (χ0) is 11.8. The highest BCUT2D eigenvalue weighted by Gasteiger charge is 2.28. The molecule has 0 bridgehead atoms. The number of anilines is 1. The van der Waals surface area contributed by atoms with Crippen LogP contribution in [0.3, 0.4) is 0 Å². The molecule has 1 unspecified atom stereocenters. The van der Waals surface area contributed by atoms with Gasteiger partial charge in [-0.1, -0.05) is 11.6 Å². The molecular formula is C11H12ClN3S2. The molecule has 6 heteroatoms. The van der Waals surface area contributed by atoms with Crippen molar-refractivity contribution >= 4 is 39.6 Å². The van der Waals surface area contributed by atoms with Gasteiger partial charge in [0.2, 0.25) is 5.13 Å². The molecule has 2 aromatic heterocycles. The maximum absolute atomic E-state index is 5.93. The fourth-order valence-corrected chi connectivity index (χ4v) is 3.42. The number of thiophene rings is 1. The van der Waals surface area contributed by atoms with Crippen LogP contribution in [0.15, 0.2) is 12.1 Å². The Kier molecular flexibility index (Phi) is 3.06. The summed E-state index contributed by atoms with van der Waals surface area (Å²) >= 11 is 8.97. The molecule has 1 aliphatic carbocycles. The van der Waals surface area contributed by atoms with Gasteiger partial charge in [0.1, 0.15) is 5.82 Å². The van der Waals surface area contributed by atoms with Crippen molar-refractivity contribution in [3.63, 3.8) is 0 Å². The summed E-state index contributed by atoms with van der Waals surface area (Å²) in [7, 11) is 0. The molecule has 3 rings (SSSR count). The normalized spacial score (nSPS) is 17.1. The van der Waals surface area contributed by atoms with E-state index in [1.807, 2.05) is 12.1 Å². The molecule has 0 spiro atoms. The van der Waals surface area contributed by atoms with E-state index < -0.39 is 0 Å². The van der Waals surface area contributed by atoms with Crippen molar-refractivity contribution in [3.05, 3.63) is 27.2 Å². The molecule has 17 heavy (non-hydrogen) atoms. The third-order valence-electron chi connectivity index (χ3n) is 2.74. The molecule has 90 valence electrons. The minimum absolute atomic E-state index is 0.229. The van der Waals surface area contributed by atoms with E-state index in [4.69, 9.17) is 11.6 Å². The molecule has 0 aliphatic heterocycles. The zero-order valence-electron chi connectivity index (χ0n) is 9.31. The maximum Gasteiger partial charge on any atom is 0.203 e.